The summed E-state index contributed by atoms with van der Waals surface area (Å²) in [7, 11) is 0. The van der Waals surface area contributed by atoms with Gasteiger partial charge in [0.15, 0.2) is 11.0 Å². The molecular weight excluding hydrogens is 472 g/mol. The Hall–Kier alpha value is -4.11. The van der Waals surface area contributed by atoms with Gasteiger partial charge in [0.25, 0.3) is 0 Å². The maximum Gasteiger partial charge on any atom is 0.323 e. The standard InChI is InChI=1S/C27H26N6O2S/c1-27(2,3)18-11-9-17(10-12-18)24-31-32-26(33(24)20-7-5-4-6-8-20)36-16-23(34)28-19-13-14-21-22(15-19)30-25(35)29-21/h4-15H,16H2,1-3H3,(H,28,34)(H2,29,30,35). The molecule has 1 amide bonds. The number of rotatable bonds is 6. The highest BCUT2D eigenvalue weighted by atomic mass is 32.2. The van der Waals surface area contributed by atoms with Gasteiger partial charge in [-0.15, -0.1) is 10.2 Å². The number of hydrogen-bond donors (Lipinski definition) is 3. The predicted octanol–water partition coefficient (Wildman–Crippen LogP) is 5.13. The van der Waals surface area contributed by atoms with Crippen LogP contribution in [0.5, 0.6) is 0 Å². The molecule has 0 bridgehead atoms. The summed E-state index contributed by atoms with van der Waals surface area (Å²) >= 11 is 1.31. The van der Waals surface area contributed by atoms with E-state index in [9.17, 15) is 9.59 Å². The van der Waals surface area contributed by atoms with E-state index >= 15 is 0 Å². The summed E-state index contributed by atoms with van der Waals surface area (Å²) < 4.78 is 1.97. The van der Waals surface area contributed by atoms with Crippen LogP contribution in [0.2, 0.25) is 0 Å². The second-order valence-corrected chi connectivity index (χ2v) is 10.4. The third-order valence-corrected chi connectivity index (χ3v) is 6.72. The molecule has 3 N–H and O–H groups in total. The number of thioether (sulfide) groups is 1. The number of imidazole rings is 1. The van der Waals surface area contributed by atoms with Crippen LogP contribution in [0.25, 0.3) is 28.1 Å². The van der Waals surface area contributed by atoms with E-state index in [0.717, 1.165) is 11.3 Å². The fourth-order valence-corrected chi connectivity index (χ4v) is 4.67. The summed E-state index contributed by atoms with van der Waals surface area (Å²) in [6.45, 7) is 6.55. The third-order valence-electron chi connectivity index (χ3n) is 5.79. The van der Waals surface area contributed by atoms with Crippen LogP contribution in [0.4, 0.5) is 5.69 Å². The van der Waals surface area contributed by atoms with Gasteiger partial charge < -0.3 is 15.3 Å². The number of H-pyrrole nitrogens is 2. The number of benzene rings is 3. The molecule has 182 valence electrons. The Labute approximate surface area is 212 Å². The van der Waals surface area contributed by atoms with Crippen molar-refractivity contribution in [2.45, 2.75) is 31.3 Å². The number of amides is 1. The van der Waals surface area contributed by atoms with Gasteiger partial charge in [-0.2, -0.15) is 0 Å². The largest absolute Gasteiger partial charge is 0.325 e. The van der Waals surface area contributed by atoms with Gasteiger partial charge in [-0.05, 0) is 41.3 Å². The van der Waals surface area contributed by atoms with Crippen LogP contribution in [0, 0.1) is 0 Å². The highest BCUT2D eigenvalue weighted by Gasteiger charge is 2.19. The molecule has 2 heterocycles. The lowest BCUT2D eigenvalue weighted by molar-refractivity contribution is -0.113. The molecule has 0 aliphatic rings. The van der Waals surface area contributed by atoms with Gasteiger partial charge in [-0.25, -0.2) is 4.79 Å². The zero-order valence-electron chi connectivity index (χ0n) is 20.2. The summed E-state index contributed by atoms with van der Waals surface area (Å²) in [5.74, 6) is 0.678. The topological polar surface area (TPSA) is 108 Å². The molecule has 9 heteroatoms. The van der Waals surface area contributed by atoms with Crippen LogP contribution in [0.3, 0.4) is 0 Å². The van der Waals surface area contributed by atoms with Crippen molar-refractivity contribution in [3.63, 3.8) is 0 Å². The zero-order chi connectivity index (χ0) is 25.3. The van der Waals surface area contributed by atoms with E-state index in [4.69, 9.17) is 0 Å². The van der Waals surface area contributed by atoms with E-state index in [2.05, 4.69) is 70.5 Å². The average molecular weight is 499 g/mol. The average Bonchev–Trinajstić information content (AvgIpc) is 3.45. The molecule has 0 saturated carbocycles. The van der Waals surface area contributed by atoms with Crippen molar-refractivity contribution in [3.05, 3.63) is 88.8 Å². The Kier molecular flexibility index (Phi) is 6.24. The molecule has 0 aliphatic carbocycles. The zero-order valence-corrected chi connectivity index (χ0v) is 21.0. The molecule has 0 saturated heterocycles. The quantitative estimate of drug-likeness (QED) is 0.281. The van der Waals surface area contributed by atoms with Crippen LogP contribution >= 0.6 is 11.8 Å². The Balaban J connectivity index is 1.38. The Morgan fingerprint density at radius 1 is 0.944 bits per heavy atom. The molecule has 5 rings (SSSR count). The lowest BCUT2D eigenvalue weighted by Gasteiger charge is -2.19. The minimum Gasteiger partial charge on any atom is -0.325 e. The molecule has 8 nitrogen and oxygen atoms in total. The van der Waals surface area contributed by atoms with Gasteiger partial charge in [0, 0.05) is 16.9 Å². The second-order valence-electron chi connectivity index (χ2n) is 9.48. The van der Waals surface area contributed by atoms with Crippen LogP contribution < -0.4 is 11.0 Å². The number of anilines is 1. The number of carbonyl (C=O) groups excluding carboxylic acids is 1. The first-order valence-electron chi connectivity index (χ1n) is 11.5. The maximum atomic E-state index is 12.7. The molecule has 0 atom stereocenters. The van der Waals surface area contributed by atoms with Crippen molar-refractivity contribution in [1.82, 2.24) is 24.7 Å². The van der Waals surface area contributed by atoms with Crippen molar-refractivity contribution in [2.24, 2.45) is 0 Å². The molecule has 36 heavy (non-hydrogen) atoms. The van der Waals surface area contributed by atoms with Crippen molar-refractivity contribution in [2.75, 3.05) is 11.1 Å². The summed E-state index contributed by atoms with van der Waals surface area (Å²) in [6.07, 6.45) is 0. The maximum absolute atomic E-state index is 12.7. The lowest BCUT2D eigenvalue weighted by atomic mass is 9.87. The van der Waals surface area contributed by atoms with Gasteiger partial charge in [0.05, 0.1) is 16.8 Å². The van der Waals surface area contributed by atoms with E-state index < -0.39 is 0 Å². The van der Waals surface area contributed by atoms with Crippen LogP contribution in [0.1, 0.15) is 26.3 Å². The van der Waals surface area contributed by atoms with Crippen molar-refractivity contribution < 1.29 is 4.79 Å². The van der Waals surface area contributed by atoms with E-state index in [0.29, 0.717) is 27.7 Å². The number of nitrogens with zero attached hydrogens (tertiary/aromatic N) is 3. The van der Waals surface area contributed by atoms with Crippen molar-refractivity contribution in [1.29, 1.82) is 0 Å². The van der Waals surface area contributed by atoms with Gasteiger partial charge in [-0.1, -0.05) is 75.0 Å². The number of aromatic amines is 2. The minimum absolute atomic E-state index is 0.0565. The van der Waals surface area contributed by atoms with Crippen LogP contribution in [-0.4, -0.2) is 36.4 Å². The normalized spacial score (nSPS) is 11.6. The number of para-hydroxylation sites is 1. The van der Waals surface area contributed by atoms with E-state index in [1.165, 1.54) is 17.3 Å². The van der Waals surface area contributed by atoms with Gasteiger partial charge in [0.2, 0.25) is 5.91 Å². The summed E-state index contributed by atoms with van der Waals surface area (Å²) in [4.78, 5) is 29.6. The number of carbonyl (C=O) groups is 1. The van der Waals surface area contributed by atoms with Crippen LogP contribution in [0.15, 0.2) is 82.7 Å². The highest BCUT2D eigenvalue weighted by Crippen LogP contribution is 2.30. The molecular formula is C27H26N6O2S. The Bertz CT molecular complexity index is 1580. The number of aromatic nitrogens is 5. The fraction of sp³-hybridized carbons (Fsp3) is 0.185. The first-order valence-corrected chi connectivity index (χ1v) is 12.5. The monoisotopic (exact) mass is 498 g/mol. The smallest absolute Gasteiger partial charge is 0.323 e. The third kappa shape index (κ3) is 4.96. The second kappa shape index (κ2) is 9.50. The summed E-state index contributed by atoms with van der Waals surface area (Å²) in [5, 5.41) is 12.4. The van der Waals surface area contributed by atoms with Gasteiger partial charge in [-0.3, -0.25) is 9.36 Å². The predicted molar refractivity (Wildman–Crippen MR) is 144 cm³/mol. The highest BCUT2D eigenvalue weighted by molar-refractivity contribution is 7.99. The fourth-order valence-electron chi connectivity index (χ4n) is 3.92. The molecule has 0 radical (unpaired) electrons. The van der Waals surface area contributed by atoms with E-state index in [1.54, 1.807) is 18.2 Å². The SMILES string of the molecule is CC(C)(C)c1ccc(-c2nnc(SCC(=O)Nc3ccc4[nH]c(=O)[nH]c4c3)n2-c2ccccc2)cc1. The van der Waals surface area contributed by atoms with Crippen LogP contribution in [-0.2, 0) is 10.2 Å². The lowest BCUT2D eigenvalue weighted by Crippen LogP contribution is -2.14. The molecule has 0 aliphatic heterocycles. The summed E-state index contributed by atoms with van der Waals surface area (Å²) in [6, 6.07) is 23.5. The molecule has 5 aromatic rings. The van der Waals surface area contributed by atoms with Gasteiger partial charge in [0.1, 0.15) is 0 Å². The molecule has 0 unspecified atom stereocenters. The first-order chi connectivity index (χ1) is 17.3. The van der Waals surface area contributed by atoms with Crippen molar-refractivity contribution in [3.8, 4) is 17.1 Å². The number of fused-ring (bicyclic) bond motifs is 1. The van der Waals surface area contributed by atoms with Crippen molar-refractivity contribution >= 4 is 34.4 Å². The minimum atomic E-state index is -0.284. The van der Waals surface area contributed by atoms with Gasteiger partial charge >= 0.3 is 5.69 Å². The number of nitrogens with one attached hydrogen (secondary N) is 3. The molecule has 0 spiro atoms. The number of hydrogen-bond acceptors (Lipinski definition) is 5. The Morgan fingerprint density at radius 3 is 2.39 bits per heavy atom. The van der Waals surface area contributed by atoms with E-state index in [-0.39, 0.29) is 22.8 Å². The van der Waals surface area contributed by atoms with E-state index in [1.807, 2.05) is 34.9 Å². The Morgan fingerprint density at radius 2 is 1.67 bits per heavy atom. The summed E-state index contributed by atoms with van der Waals surface area (Å²) in [5.41, 5.74) is 4.81. The first kappa shape index (κ1) is 23.6. The molecule has 3 aromatic carbocycles. The molecule has 2 aromatic heterocycles. The molecule has 0 fully saturated rings.